The van der Waals surface area contributed by atoms with Crippen LogP contribution < -0.4 is 0 Å². The van der Waals surface area contributed by atoms with Gasteiger partial charge in [0, 0.05) is 4.40 Å². The van der Waals surface area contributed by atoms with Crippen molar-refractivity contribution in [2.24, 2.45) is 0 Å². The third-order valence-electron chi connectivity index (χ3n) is 0. The van der Waals surface area contributed by atoms with Crippen LogP contribution in [0, 0.1) is 38.0 Å². The van der Waals surface area contributed by atoms with Crippen LogP contribution in [-0.4, -0.2) is 0 Å². The molecule has 0 aliphatic carbocycles. The third kappa shape index (κ3) is 4140. The molecule has 0 nitrogen and oxygen atoms in total. The molecule has 0 atom stereocenters. The minimum atomic E-state index is 0. The smallest absolute Gasteiger partial charge is 0.124 e. The summed E-state index contributed by atoms with van der Waals surface area (Å²) in [5, 5.41) is 0. The summed E-state index contributed by atoms with van der Waals surface area (Å²) < 4.78 is 21.5. The van der Waals surface area contributed by atoms with Crippen molar-refractivity contribution in [3.8, 4) is 38.0 Å². The Balaban J connectivity index is -0.00000000190. The summed E-state index contributed by atoms with van der Waals surface area (Å²) in [6, 6.07) is 0. The maximum atomic E-state index is 5.74. The molecular weight excluding hydrogens is 276 g/mol. The summed E-state index contributed by atoms with van der Waals surface area (Å²) in [6.07, 6.45) is 17.4. The van der Waals surface area contributed by atoms with Crippen molar-refractivity contribution in [3.05, 3.63) is 0 Å². The molecule has 0 bridgehead atoms. The van der Waals surface area contributed by atoms with Crippen molar-refractivity contribution in [1.82, 2.24) is 0 Å². The first-order valence-corrected chi connectivity index (χ1v) is 2.78. The summed E-state index contributed by atoms with van der Waals surface area (Å²) in [5.74, 6) is 2.25. The van der Waals surface area contributed by atoms with E-state index >= 15 is 0 Å². The van der Waals surface area contributed by atoms with Crippen LogP contribution in [0.4, 0.5) is 0 Å². The van der Waals surface area contributed by atoms with Crippen LogP contribution in [-0.2, 0) is 0 Å². The van der Waals surface area contributed by atoms with Gasteiger partial charge < -0.3 is 0 Å². The molecule has 0 aromatic rings. The average molecular weight is 359 g/mol. The van der Waals surface area contributed by atoms with E-state index in [4.69, 9.17) is 5.71 Å². The summed E-state index contributed by atoms with van der Waals surface area (Å²) in [4.78, 5) is 0. The second kappa shape index (κ2) is 17300. The molecule has 23 heavy (non-hydrogen) atoms. The largest absolute Gasteiger partial charge is 0.124 e. The molecule has 0 rings (SSSR count). The Hall–Kier alpha value is -1.32. The lowest BCUT2D eigenvalue weighted by Gasteiger charge is -1.48. The highest BCUT2D eigenvalue weighted by molar-refractivity contribution is 4.73. The van der Waals surface area contributed by atoms with E-state index in [1.165, 1.54) is 19.2 Å². The van der Waals surface area contributed by atoms with E-state index in [0.717, 1.165) is 0 Å². The monoisotopic (exact) mass is 359 g/mol. The molecule has 0 N–H and O–H groups in total. The summed E-state index contributed by atoms with van der Waals surface area (Å²) in [5.41, 5.74) is 0. The van der Waals surface area contributed by atoms with E-state index in [9.17, 15) is 0 Å². The molecule has 0 aromatic carbocycles. The fourth-order valence-electron chi connectivity index (χ4n) is 0. The van der Waals surface area contributed by atoms with Gasteiger partial charge in [0.1, 0.15) is 2.74 Å². The quantitative estimate of drug-likeness (QED) is 0.377. The van der Waals surface area contributed by atoms with Crippen LogP contribution in [0.2, 0.25) is 0 Å². The highest BCUT2D eigenvalue weighted by atomic mass is 13.4. The Bertz CT molecular complexity index is 123. The molecule has 0 saturated carbocycles. The molecule has 0 heterocycles. The molecular formula is C23H72. The Morgan fingerprint density at radius 2 is 0.696 bits per heavy atom. The fourth-order valence-corrected chi connectivity index (χ4v) is 0. The Kier molecular flexibility index (Phi) is 118000. The number of rotatable bonds is 0. The van der Waals surface area contributed by atoms with E-state index in [1.54, 1.807) is 6.92 Å². The van der Waals surface area contributed by atoms with E-state index in [0.29, 0.717) is 0 Å². The van der Waals surface area contributed by atoms with Gasteiger partial charge in [-0.05, 0) is 6.92 Å². The summed E-state index contributed by atoms with van der Waals surface area (Å²) in [6.45, 7) is 5.90. The van der Waals surface area contributed by atoms with Crippen LogP contribution in [0.1, 0.15) is 131 Å². The summed E-state index contributed by atoms with van der Waals surface area (Å²) in [7, 11) is 0. The molecule has 0 saturated heterocycles. The van der Waals surface area contributed by atoms with Gasteiger partial charge in [0.2, 0.25) is 0 Å². The van der Waals surface area contributed by atoms with Gasteiger partial charge in [-0.15, -0.1) is 38.0 Å². The van der Waals surface area contributed by atoms with Crippen LogP contribution in [0.5, 0.6) is 0 Å². The molecule has 0 heteroatoms. The standard InChI is InChI=1S/C3H8.C3H4.2C2H2.13CH4.2H2/c2*1-3-2;2*1-2;;;;;;;;;;;;;;;/h3H2,1-2H3;1H,2H3;2*1-2H;13*1H4;2*1H/i;;2*1T;;;;;;;;;;;;;;1+2T;1+2. The van der Waals surface area contributed by atoms with E-state index < -0.39 is 0 Å². The minimum absolute atomic E-state index is 0. The second-order valence-electron chi connectivity index (χ2n) is 0.996. The zero-order chi connectivity index (χ0) is 12.8. The van der Waals surface area contributed by atoms with Gasteiger partial charge in [-0.3, -0.25) is 0 Å². The van der Waals surface area contributed by atoms with Gasteiger partial charge in [0.05, 0.1) is 0 Å². The number of hydrogen-bond acceptors (Lipinski definition) is 0. The van der Waals surface area contributed by atoms with Crippen molar-refractivity contribution in [3.63, 3.8) is 0 Å². The van der Waals surface area contributed by atoms with E-state index in [-0.39, 0.29) is 98.0 Å². The van der Waals surface area contributed by atoms with Crippen LogP contribution >= 0.6 is 0 Å². The van der Waals surface area contributed by atoms with Crippen LogP contribution in [0.3, 0.4) is 0 Å². The molecule has 0 radical (unpaired) electrons. The molecule has 164 valence electrons. The molecule has 0 amide bonds. The van der Waals surface area contributed by atoms with Crippen molar-refractivity contribution in [2.75, 3.05) is 0 Å². The molecule has 0 fully saturated rings. The fraction of sp³-hybridized carbons (Fsp3) is 0.739. The molecule has 0 aromatic heterocycles. The maximum Gasteiger partial charge on any atom is 0.124 e. The zero-order valence-corrected chi connectivity index (χ0v) is 6.94. The van der Waals surface area contributed by atoms with Gasteiger partial charge in [-0.1, -0.05) is 117 Å². The van der Waals surface area contributed by atoms with Gasteiger partial charge in [0.15, 0.2) is 0 Å². The van der Waals surface area contributed by atoms with Crippen LogP contribution in [0.25, 0.3) is 0 Å². The first kappa shape index (κ1) is 157. The average Bonchev–Trinajstić information content (AvgIpc) is 2.12. The molecule has 0 unspecified atom stereocenters. The molecule has 0 aliphatic heterocycles. The lowest BCUT2D eigenvalue weighted by atomic mass is 10.6. The van der Waals surface area contributed by atoms with Crippen molar-refractivity contribution in [1.29, 1.82) is 0 Å². The number of terminal acetylenes is 3. The van der Waals surface area contributed by atoms with Crippen molar-refractivity contribution in [2.45, 2.75) is 124 Å². The predicted octanol–water partition coefficient (Wildman–Crippen LogP) is 11.3. The lowest BCUT2D eigenvalue weighted by molar-refractivity contribution is 1.09. The normalized spacial score (nSPS) is 2.26. The van der Waals surface area contributed by atoms with Gasteiger partial charge in [-0.2, -0.15) is 0 Å². The first-order chi connectivity index (χ1) is 6.66. The second-order valence-corrected chi connectivity index (χ2v) is 0.996. The Morgan fingerprint density at radius 1 is 0.696 bits per heavy atom. The van der Waals surface area contributed by atoms with Crippen LogP contribution in [0.15, 0.2) is 0 Å². The minimum Gasteiger partial charge on any atom is -0.124 e. The van der Waals surface area contributed by atoms with Crippen molar-refractivity contribution < 1.29 is 7.14 Å². The highest BCUT2D eigenvalue weighted by Gasteiger charge is 1.35. The first-order valence-electron chi connectivity index (χ1n) is 4.78. The number of hydrogen-bond donors (Lipinski definition) is 0. The van der Waals surface area contributed by atoms with Gasteiger partial charge >= 0.3 is 0 Å². The molecule has 0 aliphatic rings. The van der Waals surface area contributed by atoms with E-state index in [1.807, 2.05) is 0 Å². The lowest BCUT2D eigenvalue weighted by Crippen LogP contribution is -1.27. The van der Waals surface area contributed by atoms with Gasteiger partial charge in [-0.25, -0.2) is 0 Å². The zero-order valence-electron chi connectivity index (χ0n) is 10.9. The SMILES string of the molecule is C.C.C.C.C.C.C.C.C.C.C.C.C.C#CC.CCC.[3HH].[3H]C#C.[3H]C#C.[3H][3H]. The molecule has 0 spiro atoms. The Labute approximate surface area is 169 Å². The maximum absolute atomic E-state index is 5.74. The van der Waals surface area contributed by atoms with Crippen molar-refractivity contribution >= 4 is 0 Å². The van der Waals surface area contributed by atoms with Gasteiger partial charge in [0.25, 0.3) is 0 Å². The third-order valence-corrected chi connectivity index (χ3v) is 0. The van der Waals surface area contributed by atoms with E-state index in [2.05, 4.69) is 39.0 Å². The Morgan fingerprint density at radius 3 is 0.696 bits per heavy atom. The predicted molar refractivity (Wildman–Crippen MR) is 142 cm³/mol. The summed E-state index contributed by atoms with van der Waals surface area (Å²) >= 11 is 0. The highest BCUT2D eigenvalue weighted by Crippen LogP contribution is 1.56. The topological polar surface area (TPSA) is 0 Å².